The minimum absolute atomic E-state index is 0.116. The molecule has 21 heavy (non-hydrogen) atoms. The predicted molar refractivity (Wildman–Crippen MR) is 84.1 cm³/mol. The van der Waals surface area contributed by atoms with Gasteiger partial charge in [0.15, 0.2) is 0 Å². The Hall–Kier alpha value is -1.76. The van der Waals surface area contributed by atoms with E-state index < -0.39 is 11.9 Å². The van der Waals surface area contributed by atoms with Gasteiger partial charge < -0.3 is 20.1 Å². The molecule has 0 spiro atoms. The van der Waals surface area contributed by atoms with Gasteiger partial charge in [0.2, 0.25) is 0 Å². The molecule has 0 saturated carbocycles. The van der Waals surface area contributed by atoms with Crippen LogP contribution in [0.2, 0.25) is 0 Å². The average Bonchev–Trinajstić information content (AvgIpc) is 2.80. The van der Waals surface area contributed by atoms with Gasteiger partial charge in [-0.2, -0.15) is 0 Å². The Balaban J connectivity index is 3.22. The molecule has 1 aromatic heterocycles. The molecule has 6 nitrogen and oxygen atoms in total. The number of esters is 2. The third-order valence-corrected chi connectivity index (χ3v) is 4.38. The maximum Gasteiger partial charge on any atom is 0.350 e. The number of nitrogen functional groups attached to an aromatic ring is 1. The standard InChI is InChI=1S/C14H22N2O4S/c1-8(2)6-7-16(3)12-9(13(17)19-4)10(15)11(21-12)14(18)20-5/h8H,6-7,15H2,1-5H3. The van der Waals surface area contributed by atoms with Crippen LogP contribution in [0.15, 0.2) is 0 Å². The van der Waals surface area contributed by atoms with Gasteiger partial charge in [0, 0.05) is 13.6 Å². The van der Waals surface area contributed by atoms with Crippen molar-refractivity contribution in [1.82, 2.24) is 0 Å². The van der Waals surface area contributed by atoms with Crippen LogP contribution >= 0.6 is 11.3 Å². The van der Waals surface area contributed by atoms with E-state index in [0.29, 0.717) is 10.9 Å². The van der Waals surface area contributed by atoms with Crippen molar-refractivity contribution in [3.8, 4) is 0 Å². The number of methoxy groups -OCH3 is 2. The molecule has 118 valence electrons. The first-order chi connectivity index (χ1) is 9.83. The summed E-state index contributed by atoms with van der Waals surface area (Å²) < 4.78 is 9.47. The van der Waals surface area contributed by atoms with Gasteiger partial charge in [-0.3, -0.25) is 0 Å². The van der Waals surface area contributed by atoms with Crippen molar-refractivity contribution in [3.63, 3.8) is 0 Å². The number of anilines is 2. The highest BCUT2D eigenvalue weighted by Crippen LogP contribution is 2.38. The summed E-state index contributed by atoms with van der Waals surface area (Å²) in [6.45, 7) is 5.00. The maximum absolute atomic E-state index is 11.9. The number of rotatable bonds is 6. The highest BCUT2D eigenvalue weighted by atomic mass is 32.1. The van der Waals surface area contributed by atoms with Crippen LogP contribution in [0.25, 0.3) is 0 Å². The van der Waals surface area contributed by atoms with E-state index in [1.165, 1.54) is 14.2 Å². The van der Waals surface area contributed by atoms with Crippen molar-refractivity contribution < 1.29 is 19.1 Å². The first kappa shape index (κ1) is 17.3. The summed E-state index contributed by atoms with van der Waals surface area (Å²) in [6, 6.07) is 0. The normalized spacial score (nSPS) is 10.6. The lowest BCUT2D eigenvalue weighted by Crippen LogP contribution is -2.21. The molecule has 0 aliphatic rings. The first-order valence-electron chi connectivity index (χ1n) is 6.63. The van der Waals surface area contributed by atoms with Gasteiger partial charge in [0.1, 0.15) is 15.4 Å². The third-order valence-electron chi connectivity index (χ3n) is 3.08. The zero-order valence-electron chi connectivity index (χ0n) is 13.1. The Labute approximate surface area is 128 Å². The van der Waals surface area contributed by atoms with Gasteiger partial charge in [0.25, 0.3) is 0 Å². The molecule has 0 fully saturated rings. The molecule has 1 heterocycles. The van der Waals surface area contributed by atoms with Crippen LogP contribution in [0.1, 0.15) is 40.3 Å². The number of nitrogens with zero attached hydrogens (tertiary/aromatic N) is 1. The van der Waals surface area contributed by atoms with Gasteiger partial charge in [-0.15, -0.1) is 11.3 Å². The summed E-state index contributed by atoms with van der Waals surface area (Å²) in [6.07, 6.45) is 0.961. The second-order valence-electron chi connectivity index (χ2n) is 5.11. The molecule has 2 N–H and O–H groups in total. The van der Waals surface area contributed by atoms with Crippen LogP contribution in [0.5, 0.6) is 0 Å². The second-order valence-corrected chi connectivity index (χ2v) is 6.11. The Morgan fingerprint density at radius 2 is 1.81 bits per heavy atom. The highest BCUT2D eigenvalue weighted by Gasteiger charge is 2.28. The van der Waals surface area contributed by atoms with E-state index in [1.54, 1.807) is 0 Å². The largest absolute Gasteiger partial charge is 0.465 e. The van der Waals surface area contributed by atoms with Crippen molar-refractivity contribution >= 4 is 34.0 Å². The van der Waals surface area contributed by atoms with E-state index >= 15 is 0 Å². The minimum Gasteiger partial charge on any atom is -0.465 e. The van der Waals surface area contributed by atoms with Crippen LogP contribution in [-0.4, -0.2) is 39.8 Å². The van der Waals surface area contributed by atoms with Gasteiger partial charge >= 0.3 is 11.9 Å². The number of carbonyl (C=O) groups is 2. The topological polar surface area (TPSA) is 81.9 Å². The molecule has 0 saturated heterocycles. The SMILES string of the molecule is COC(=O)c1sc(N(C)CCC(C)C)c(C(=O)OC)c1N. The van der Waals surface area contributed by atoms with E-state index in [1.807, 2.05) is 11.9 Å². The molecule has 0 atom stereocenters. The second kappa shape index (κ2) is 7.31. The summed E-state index contributed by atoms with van der Waals surface area (Å²) in [5, 5.41) is 0.625. The van der Waals surface area contributed by atoms with Crippen LogP contribution in [0.3, 0.4) is 0 Å². The van der Waals surface area contributed by atoms with Crippen molar-refractivity contribution in [2.24, 2.45) is 5.92 Å². The van der Waals surface area contributed by atoms with Crippen molar-refractivity contribution in [3.05, 3.63) is 10.4 Å². The molecule has 0 bridgehead atoms. The fraction of sp³-hybridized carbons (Fsp3) is 0.571. The summed E-state index contributed by atoms with van der Waals surface area (Å²) in [7, 11) is 4.43. The number of thiophene rings is 1. The summed E-state index contributed by atoms with van der Waals surface area (Å²) in [4.78, 5) is 25.8. The van der Waals surface area contributed by atoms with Crippen molar-refractivity contribution in [1.29, 1.82) is 0 Å². The van der Waals surface area contributed by atoms with Crippen LogP contribution in [0, 0.1) is 5.92 Å². The molecule has 0 unspecified atom stereocenters. The minimum atomic E-state index is -0.551. The molecular weight excluding hydrogens is 292 g/mol. The molecule has 1 aromatic rings. The highest BCUT2D eigenvalue weighted by molar-refractivity contribution is 7.19. The van der Waals surface area contributed by atoms with Gasteiger partial charge in [0.05, 0.1) is 19.9 Å². The van der Waals surface area contributed by atoms with E-state index in [9.17, 15) is 9.59 Å². The Kier molecular flexibility index (Phi) is 6.02. The quantitative estimate of drug-likeness (QED) is 0.812. The van der Waals surface area contributed by atoms with Crippen molar-refractivity contribution in [2.45, 2.75) is 20.3 Å². The number of carbonyl (C=O) groups excluding carboxylic acids is 2. The van der Waals surface area contributed by atoms with E-state index in [0.717, 1.165) is 24.3 Å². The Bertz CT molecular complexity index is 525. The molecule has 7 heteroatoms. The van der Waals surface area contributed by atoms with Crippen LogP contribution in [-0.2, 0) is 9.47 Å². The van der Waals surface area contributed by atoms with Crippen LogP contribution < -0.4 is 10.6 Å². The summed E-state index contributed by atoms with van der Waals surface area (Å²) >= 11 is 1.15. The lowest BCUT2D eigenvalue weighted by Gasteiger charge is -2.19. The number of hydrogen-bond acceptors (Lipinski definition) is 7. The van der Waals surface area contributed by atoms with Gasteiger partial charge in [-0.25, -0.2) is 9.59 Å². The molecule has 0 aliphatic heterocycles. The molecule has 1 rings (SSSR count). The maximum atomic E-state index is 11.9. The third kappa shape index (κ3) is 3.87. The number of ether oxygens (including phenoxy) is 2. The van der Waals surface area contributed by atoms with Crippen molar-refractivity contribution in [2.75, 3.05) is 38.4 Å². The van der Waals surface area contributed by atoms with E-state index in [-0.39, 0.29) is 16.1 Å². The number of hydrogen-bond donors (Lipinski definition) is 1. The van der Waals surface area contributed by atoms with E-state index in [2.05, 4.69) is 13.8 Å². The summed E-state index contributed by atoms with van der Waals surface area (Å²) in [5.41, 5.74) is 6.28. The molecule has 0 aliphatic carbocycles. The molecule has 0 amide bonds. The molecule has 0 radical (unpaired) electrons. The van der Waals surface area contributed by atoms with Crippen LogP contribution in [0.4, 0.5) is 10.7 Å². The Morgan fingerprint density at radius 3 is 2.29 bits per heavy atom. The van der Waals surface area contributed by atoms with E-state index in [4.69, 9.17) is 15.2 Å². The monoisotopic (exact) mass is 314 g/mol. The molecule has 0 aromatic carbocycles. The lowest BCUT2D eigenvalue weighted by atomic mass is 10.1. The van der Waals surface area contributed by atoms with Gasteiger partial charge in [-0.1, -0.05) is 13.8 Å². The average molecular weight is 314 g/mol. The Morgan fingerprint density at radius 1 is 1.24 bits per heavy atom. The first-order valence-corrected chi connectivity index (χ1v) is 7.45. The zero-order valence-corrected chi connectivity index (χ0v) is 13.9. The lowest BCUT2D eigenvalue weighted by molar-refractivity contribution is 0.0602. The summed E-state index contributed by atoms with van der Waals surface area (Å²) in [5.74, 6) is -0.567. The zero-order chi connectivity index (χ0) is 16.2. The predicted octanol–water partition coefficient (Wildman–Crippen LogP) is 2.39. The fourth-order valence-electron chi connectivity index (χ4n) is 1.80. The molecular formula is C14H22N2O4S. The smallest absolute Gasteiger partial charge is 0.350 e. The van der Waals surface area contributed by atoms with Gasteiger partial charge in [-0.05, 0) is 12.3 Å². The fourth-order valence-corrected chi connectivity index (χ4v) is 2.91. The number of nitrogens with two attached hydrogens (primary N) is 1.